The van der Waals surface area contributed by atoms with Gasteiger partial charge in [0.15, 0.2) is 0 Å². The molecule has 0 aromatic heterocycles. The highest BCUT2D eigenvalue weighted by molar-refractivity contribution is 7.90. The summed E-state index contributed by atoms with van der Waals surface area (Å²) in [7, 11) is -0.531. The summed E-state index contributed by atoms with van der Waals surface area (Å²) in [6.45, 7) is 3.93. The number of hydrogen-bond acceptors (Lipinski definition) is 3. The van der Waals surface area contributed by atoms with E-state index in [1.165, 1.54) is 40.1 Å². The van der Waals surface area contributed by atoms with Crippen LogP contribution in [0, 0.1) is 5.82 Å². The number of benzene rings is 1. The first-order valence-electron chi connectivity index (χ1n) is 6.18. The molecule has 0 saturated carbocycles. The summed E-state index contributed by atoms with van der Waals surface area (Å²) < 4.78 is 41.0. The largest absolute Gasteiger partial charge is 0.304 e. The number of aliphatic imine (C=N–C) groups is 1. The van der Waals surface area contributed by atoms with Gasteiger partial charge in [0, 0.05) is 25.9 Å². The molecule has 0 aliphatic carbocycles. The minimum atomic E-state index is -3.65. The highest BCUT2D eigenvalue weighted by Crippen LogP contribution is 2.35. The molecule has 5 nitrogen and oxygen atoms in total. The Morgan fingerprint density at radius 1 is 1.40 bits per heavy atom. The third-order valence-electron chi connectivity index (χ3n) is 3.54. The number of halogens is 1. The summed E-state index contributed by atoms with van der Waals surface area (Å²) in [4.78, 5) is 3.89. The number of nitrogens with zero attached hydrogens (tertiary/aromatic N) is 3. The van der Waals surface area contributed by atoms with E-state index in [0.29, 0.717) is 11.3 Å². The van der Waals surface area contributed by atoms with Crippen molar-refractivity contribution >= 4 is 22.1 Å². The Bertz CT molecular complexity index is 656. The summed E-state index contributed by atoms with van der Waals surface area (Å²) >= 11 is 0. The number of anilines is 1. The Morgan fingerprint density at radius 3 is 2.55 bits per heavy atom. The van der Waals surface area contributed by atoms with E-state index in [9.17, 15) is 12.8 Å². The molecule has 0 spiro atoms. The van der Waals surface area contributed by atoms with Crippen LogP contribution in [0.5, 0.6) is 0 Å². The summed E-state index contributed by atoms with van der Waals surface area (Å²) in [6.07, 6.45) is 1.52. The highest BCUT2D eigenvalue weighted by Gasteiger charge is 2.47. The van der Waals surface area contributed by atoms with E-state index in [1.54, 1.807) is 7.05 Å². The Balaban J connectivity index is 2.60. The average molecular weight is 299 g/mol. The van der Waals surface area contributed by atoms with Gasteiger partial charge in [-0.1, -0.05) is 0 Å². The SMILES string of the molecule is CN=Cc1ccc(F)cc1N1CC(C)(C)N(C)S1(=O)=O. The molecular weight excluding hydrogens is 281 g/mol. The Hall–Kier alpha value is -1.47. The van der Waals surface area contributed by atoms with Crippen molar-refractivity contribution in [3.05, 3.63) is 29.6 Å². The minimum Gasteiger partial charge on any atom is -0.296 e. The normalized spacial score (nSPS) is 21.8. The standard InChI is InChI=1S/C13H18FN3O2S/c1-13(2)9-17(20(18,19)16(13)4)12-7-11(14)6-5-10(12)8-15-3/h5-8H,9H2,1-4H3. The van der Waals surface area contributed by atoms with Gasteiger partial charge in [0.25, 0.3) is 0 Å². The zero-order valence-electron chi connectivity index (χ0n) is 12.0. The lowest BCUT2D eigenvalue weighted by atomic mass is 10.1. The van der Waals surface area contributed by atoms with Crippen LogP contribution in [0.2, 0.25) is 0 Å². The summed E-state index contributed by atoms with van der Waals surface area (Å²) in [5.41, 5.74) is 0.336. The first kappa shape index (κ1) is 14.9. The molecule has 1 aromatic carbocycles. The van der Waals surface area contributed by atoms with Crippen LogP contribution in [0.15, 0.2) is 23.2 Å². The molecule has 7 heteroatoms. The second kappa shape index (κ2) is 4.82. The van der Waals surface area contributed by atoms with E-state index in [4.69, 9.17) is 0 Å². The fourth-order valence-corrected chi connectivity index (χ4v) is 4.05. The molecule has 0 unspecified atom stereocenters. The van der Waals surface area contributed by atoms with E-state index >= 15 is 0 Å². The molecule has 1 heterocycles. The van der Waals surface area contributed by atoms with Crippen molar-refractivity contribution in [2.75, 3.05) is 24.9 Å². The number of hydrogen-bond donors (Lipinski definition) is 0. The highest BCUT2D eigenvalue weighted by atomic mass is 32.2. The van der Waals surface area contributed by atoms with Crippen LogP contribution in [-0.4, -0.2) is 45.1 Å². The van der Waals surface area contributed by atoms with Gasteiger partial charge in [-0.3, -0.25) is 9.30 Å². The average Bonchev–Trinajstić information content (AvgIpc) is 2.52. The lowest BCUT2D eigenvalue weighted by Gasteiger charge is -2.22. The second-order valence-electron chi connectivity index (χ2n) is 5.38. The fourth-order valence-electron chi connectivity index (χ4n) is 2.18. The predicted octanol–water partition coefficient (Wildman–Crippen LogP) is 1.65. The van der Waals surface area contributed by atoms with Crippen molar-refractivity contribution in [1.29, 1.82) is 0 Å². The van der Waals surface area contributed by atoms with Gasteiger partial charge in [0.1, 0.15) is 5.82 Å². The van der Waals surface area contributed by atoms with E-state index < -0.39 is 21.6 Å². The van der Waals surface area contributed by atoms with E-state index in [1.807, 2.05) is 13.8 Å². The first-order valence-corrected chi connectivity index (χ1v) is 7.58. The Labute approximate surface area is 118 Å². The van der Waals surface area contributed by atoms with Gasteiger partial charge in [0.05, 0.1) is 17.8 Å². The van der Waals surface area contributed by atoms with Crippen molar-refractivity contribution in [3.63, 3.8) is 0 Å². The van der Waals surface area contributed by atoms with Gasteiger partial charge in [-0.2, -0.15) is 12.7 Å². The lowest BCUT2D eigenvalue weighted by Crippen LogP contribution is -2.38. The number of rotatable bonds is 2. The molecule has 1 saturated heterocycles. The Kier molecular flexibility index (Phi) is 3.60. The third kappa shape index (κ3) is 2.31. The third-order valence-corrected chi connectivity index (χ3v) is 5.61. The van der Waals surface area contributed by atoms with Crippen LogP contribution < -0.4 is 4.31 Å². The molecule has 1 aromatic rings. The first-order chi connectivity index (χ1) is 9.20. The van der Waals surface area contributed by atoms with E-state index in [0.717, 1.165) is 0 Å². The van der Waals surface area contributed by atoms with Crippen LogP contribution in [0.4, 0.5) is 10.1 Å². The van der Waals surface area contributed by atoms with Gasteiger partial charge in [-0.25, -0.2) is 4.39 Å². The molecule has 0 N–H and O–H groups in total. The molecule has 110 valence electrons. The topological polar surface area (TPSA) is 53.0 Å². The van der Waals surface area contributed by atoms with Crippen LogP contribution in [0.25, 0.3) is 0 Å². The monoisotopic (exact) mass is 299 g/mol. The molecule has 0 atom stereocenters. The maximum absolute atomic E-state index is 13.5. The molecule has 1 fully saturated rings. The van der Waals surface area contributed by atoms with Crippen molar-refractivity contribution in [3.8, 4) is 0 Å². The van der Waals surface area contributed by atoms with Crippen molar-refractivity contribution in [2.45, 2.75) is 19.4 Å². The lowest BCUT2D eigenvalue weighted by molar-refractivity contribution is 0.307. The molecule has 0 amide bonds. The summed E-state index contributed by atoms with van der Waals surface area (Å²) in [5.74, 6) is -0.476. The number of likely N-dealkylation sites (N-methyl/N-ethyl adjacent to an activating group) is 1. The molecule has 20 heavy (non-hydrogen) atoms. The predicted molar refractivity (Wildman–Crippen MR) is 78.0 cm³/mol. The summed E-state index contributed by atoms with van der Waals surface area (Å²) in [5, 5.41) is 0. The molecule has 2 rings (SSSR count). The van der Waals surface area contributed by atoms with Crippen molar-refractivity contribution in [1.82, 2.24) is 4.31 Å². The molecular formula is C13H18FN3O2S. The maximum Gasteiger partial charge on any atom is 0.304 e. The Morgan fingerprint density at radius 2 is 2.05 bits per heavy atom. The van der Waals surface area contributed by atoms with Crippen LogP contribution in [0.1, 0.15) is 19.4 Å². The zero-order valence-corrected chi connectivity index (χ0v) is 12.8. The second-order valence-corrected chi connectivity index (χ2v) is 7.27. The zero-order chi connectivity index (χ0) is 15.1. The molecule has 0 bridgehead atoms. The van der Waals surface area contributed by atoms with Gasteiger partial charge in [0.2, 0.25) is 0 Å². The van der Waals surface area contributed by atoms with E-state index in [-0.39, 0.29) is 6.54 Å². The van der Waals surface area contributed by atoms with Crippen molar-refractivity contribution in [2.24, 2.45) is 4.99 Å². The smallest absolute Gasteiger partial charge is 0.296 e. The van der Waals surface area contributed by atoms with Gasteiger partial charge >= 0.3 is 10.2 Å². The molecule has 1 aliphatic heterocycles. The van der Waals surface area contributed by atoms with Gasteiger partial charge in [-0.05, 0) is 32.0 Å². The molecule has 1 aliphatic rings. The van der Waals surface area contributed by atoms with E-state index in [2.05, 4.69) is 4.99 Å². The van der Waals surface area contributed by atoms with Crippen LogP contribution in [-0.2, 0) is 10.2 Å². The van der Waals surface area contributed by atoms with Crippen LogP contribution in [0.3, 0.4) is 0 Å². The quantitative estimate of drug-likeness (QED) is 0.780. The van der Waals surface area contributed by atoms with Gasteiger partial charge in [-0.15, -0.1) is 0 Å². The minimum absolute atomic E-state index is 0.264. The fraction of sp³-hybridized carbons (Fsp3) is 0.462. The molecule has 0 radical (unpaired) electrons. The van der Waals surface area contributed by atoms with Crippen molar-refractivity contribution < 1.29 is 12.8 Å². The summed E-state index contributed by atoms with van der Waals surface area (Å²) in [6, 6.07) is 4.04. The maximum atomic E-state index is 13.5. The van der Waals surface area contributed by atoms with Gasteiger partial charge < -0.3 is 0 Å². The van der Waals surface area contributed by atoms with Crippen LogP contribution >= 0.6 is 0 Å².